The lowest BCUT2D eigenvalue weighted by Crippen LogP contribution is -3.13. The number of hydrogen-bond acceptors (Lipinski definition) is 3. The van der Waals surface area contributed by atoms with Crippen molar-refractivity contribution >= 4 is 22.2 Å². The van der Waals surface area contributed by atoms with Gasteiger partial charge in [0.25, 0.3) is 5.91 Å². The zero-order chi connectivity index (χ0) is 20.2. The second-order valence-corrected chi connectivity index (χ2v) is 8.98. The Labute approximate surface area is 176 Å². The third-order valence-electron chi connectivity index (χ3n) is 5.87. The highest BCUT2D eigenvalue weighted by atomic mass is 32.1. The number of anilines is 1. The fourth-order valence-corrected chi connectivity index (χ4v) is 5.35. The van der Waals surface area contributed by atoms with Crippen molar-refractivity contribution in [2.45, 2.75) is 39.2 Å². The summed E-state index contributed by atoms with van der Waals surface area (Å²) in [6.07, 6.45) is 5.67. The molecule has 3 heterocycles. The van der Waals surface area contributed by atoms with Crippen LogP contribution in [0.15, 0.2) is 54.7 Å². The molecule has 29 heavy (non-hydrogen) atoms. The molecule has 2 aromatic heterocycles. The number of aryl methyl sites for hydroxylation is 1. The molecule has 4 rings (SSSR count). The first-order valence-corrected chi connectivity index (χ1v) is 11.2. The number of piperidine rings is 1. The minimum absolute atomic E-state index is 0.0542. The number of nitrogens with zero attached hydrogens (tertiary/aromatic N) is 1. The van der Waals surface area contributed by atoms with Crippen LogP contribution in [-0.2, 0) is 0 Å². The number of aromatic nitrogens is 1. The van der Waals surface area contributed by atoms with Crippen LogP contribution >= 0.6 is 11.3 Å². The number of likely N-dealkylation sites (tertiary alicyclic amines) is 1. The fourth-order valence-electron chi connectivity index (χ4n) is 4.25. The molecule has 0 radical (unpaired) electrons. The van der Waals surface area contributed by atoms with E-state index in [1.165, 1.54) is 35.3 Å². The highest BCUT2D eigenvalue weighted by Crippen LogP contribution is 2.38. The average Bonchev–Trinajstić information content (AvgIpc) is 3.04. The van der Waals surface area contributed by atoms with E-state index in [1.54, 1.807) is 16.2 Å². The molecule has 0 bridgehead atoms. The average molecular weight is 407 g/mol. The van der Waals surface area contributed by atoms with Crippen LogP contribution in [0.2, 0.25) is 0 Å². The van der Waals surface area contributed by atoms with E-state index in [2.05, 4.69) is 31.3 Å². The molecule has 2 N–H and O–H groups in total. The quantitative estimate of drug-likeness (QED) is 0.668. The second kappa shape index (κ2) is 8.89. The van der Waals surface area contributed by atoms with Crippen LogP contribution in [0, 0.1) is 13.8 Å². The molecule has 1 saturated heterocycles. The van der Waals surface area contributed by atoms with Gasteiger partial charge in [-0.25, -0.2) is 0 Å². The normalized spacial score (nSPS) is 15.8. The molecule has 1 atom stereocenters. The molecule has 0 saturated carbocycles. The minimum Gasteiger partial charge on any atom is -0.324 e. The predicted octanol–water partition coefficient (Wildman–Crippen LogP) is 4.17. The van der Waals surface area contributed by atoms with Gasteiger partial charge in [0, 0.05) is 16.6 Å². The summed E-state index contributed by atoms with van der Waals surface area (Å²) in [7, 11) is 0. The van der Waals surface area contributed by atoms with E-state index in [0.29, 0.717) is 5.56 Å². The summed E-state index contributed by atoms with van der Waals surface area (Å²) in [5, 5.41) is 4.18. The van der Waals surface area contributed by atoms with Gasteiger partial charge < -0.3 is 10.2 Å². The minimum atomic E-state index is -0.0542. The Balaban J connectivity index is 1.75. The first kappa shape index (κ1) is 19.8. The van der Waals surface area contributed by atoms with Gasteiger partial charge in [-0.15, -0.1) is 11.3 Å². The highest BCUT2D eigenvalue weighted by Gasteiger charge is 2.34. The van der Waals surface area contributed by atoms with Crippen molar-refractivity contribution < 1.29 is 9.69 Å². The van der Waals surface area contributed by atoms with E-state index < -0.39 is 0 Å². The van der Waals surface area contributed by atoms with E-state index in [0.717, 1.165) is 23.8 Å². The summed E-state index contributed by atoms with van der Waals surface area (Å²) in [6, 6.07) is 15.7. The lowest BCUT2D eigenvalue weighted by Gasteiger charge is -2.32. The van der Waals surface area contributed by atoms with Crippen LogP contribution in [0.4, 0.5) is 5.00 Å². The topological polar surface area (TPSA) is 46.4 Å². The Morgan fingerprint density at radius 3 is 2.45 bits per heavy atom. The van der Waals surface area contributed by atoms with E-state index in [-0.39, 0.29) is 11.9 Å². The first-order valence-electron chi connectivity index (χ1n) is 10.4. The molecule has 1 amide bonds. The Hall–Kier alpha value is -2.50. The largest absolute Gasteiger partial charge is 0.324 e. The van der Waals surface area contributed by atoms with Gasteiger partial charge in [0.15, 0.2) is 6.04 Å². The number of hydrogen-bond donors (Lipinski definition) is 2. The molecule has 4 nitrogen and oxygen atoms in total. The summed E-state index contributed by atoms with van der Waals surface area (Å²) < 4.78 is 0. The van der Waals surface area contributed by atoms with Crippen molar-refractivity contribution in [2.24, 2.45) is 0 Å². The van der Waals surface area contributed by atoms with Gasteiger partial charge in [-0.1, -0.05) is 24.3 Å². The van der Waals surface area contributed by atoms with Crippen LogP contribution in [0.1, 0.15) is 57.4 Å². The number of amides is 1. The van der Waals surface area contributed by atoms with E-state index in [4.69, 9.17) is 4.98 Å². The second-order valence-electron chi connectivity index (χ2n) is 7.75. The molecular weight excluding hydrogens is 378 g/mol. The molecule has 1 aliphatic rings. The van der Waals surface area contributed by atoms with Crippen molar-refractivity contribution in [1.82, 2.24) is 4.98 Å². The van der Waals surface area contributed by atoms with Crippen molar-refractivity contribution in [2.75, 3.05) is 18.4 Å². The highest BCUT2D eigenvalue weighted by molar-refractivity contribution is 7.16. The molecule has 1 aromatic carbocycles. The van der Waals surface area contributed by atoms with Gasteiger partial charge in [-0.05, 0) is 62.9 Å². The van der Waals surface area contributed by atoms with Gasteiger partial charge in [-0.3, -0.25) is 9.78 Å². The Bertz CT molecular complexity index is 963. The number of rotatable bonds is 5. The number of nitrogens with one attached hydrogen (secondary N) is 2. The predicted molar refractivity (Wildman–Crippen MR) is 119 cm³/mol. The zero-order valence-electron chi connectivity index (χ0n) is 17.1. The van der Waals surface area contributed by atoms with Gasteiger partial charge in [0.05, 0.1) is 18.7 Å². The third kappa shape index (κ3) is 4.26. The maximum Gasteiger partial charge on any atom is 0.256 e. The Morgan fingerprint density at radius 1 is 1.03 bits per heavy atom. The molecule has 5 heteroatoms. The molecule has 150 valence electrons. The van der Waals surface area contributed by atoms with E-state index >= 15 is 0 Å². The molecule has 0 spiro atoms. The monoisotopic (exact) mass is 406 g/mol. The maximum absolute atomic E-state index is 12.9. The number of pyridine rings is 1. The molecule has 1 fully saturated rings. The standard InChI is InChI=1S/C24H27N3OS/c1-17-18(2)29-24(26-23(28)19-11-5-3-6-12-19)21(17)22(20-13-7-8-14-25-20)27-15-9-4-10-16-27/h3,5-8,11-14,22H,4,9-10,15-16H2,1-2H3,(H,26,28)/p+1/t22-/m0/s1. The van der Waals surface area contributed by atoms with Crippen molar-refractivity contribution in [3.8, 4) is 0 Å². The Morgan fingerprint density at radius 2 is 1.76 bits per heavy atom. The number of thiophene rings is 1. The SMILES string of the molecule is Cc1sc(NC(=O)c2ccccc2)c([C@H](c2ccccn2)[NH+]2CCCCC2)c1C. The van der Waals surface area contributed by atoms with Gasteiger partial charge in [0.1, 0.15) is 10.7 Å². The lowest BCUT2D eigenvalue weighted by atomic mass is 9.96. The van der Waals surface area contributed by atoms with Crippen molar-refractivity contribution in [3.05, 3.63) is 82.0 Å². The summed E-state index contributed by atoms with van der Waals surface area (Å²) in [5.74, 6) is -0.0542. The molecule has 0 aliphatic carbocycles. The van der Waals surface area contributed by atoms with Crippen LogP contribution < -0.4 is 10.2 Å². The van der Waals surface area contributed by atoms with Crippen LogP contribution in [0.3, 0.4) is 0 Å². The summed E-state index contributed by atoms with van der Waals surface area (Å²) >= 11 is 1.68. The molecule has 0 unspecified atom stereocenters. The number of carbonyl (C=O) groups is 1. The van der Waals surface area contributed by atoms with Gasteiger partial charge in [-0.2, -0.15) is 0 Å². The van der Waals surface area contributed by atoms with Gasteiger partial charge >= 0.3 is 0 Å². The molecular formula is C24H28N3OS+. The molecule has 3 aromatic rings. The number of benzene rings is 1. The van der Waals surface area contributed by atoms with Crippen LogP contribution in [0.25, 0.3) is 0 Å². The smallest absolute Gasteiger partial charge is 0.256 e. The maximum atomic E-state index is 12.9. The third-order valence-corrected chi connectivity index (χ3v) is 7.01. The lowest BCUT2D eigenvalue weighted by molar-refractivity contribution is -0.930. The van der Waals surface area contributed by atoms with E-state index in [9.17, 15) is 4.79 Å². The van der Waals surface area contributed by atoms with Crippen LogP contribution in [0.5, 0.6) is 0 Å². The first-order chi connectivity index (χ1) is 14.1. The van der Waals surface area contributed by atoms with E-state index in [1.807, 2.05) is 42.6 Å². The fraction of sp³-hybridized carbons (Fsp3) is 0.333. The summed E-state index contributed by atoms with van der Waals surface area (Å²) in [4.78, 5) is 20.4. The summed E-state index contributed by atoms with van der Waals surface area (Å²) in [5.41, 5.74) is 4.27. The molecule has 1 aliphatic heterocycles. The number of carbonyl (C=O) groups excluding carboxylic acids is 1. The Kier molecular flexibility index (Phi) is 6.07. The van der Waals surface area contributed by atoms with Crippen molar-refractivity contribution in [3.63, 3.8) is 0 Å². The zero-order valence-corrected chi connectivity index (χ0v) is 17.9. The van der Waals surface area contributed by atoms with Crippen molar-refractivity contribution in [1.29, 1.82) is 0 Å². The number of quaternary nitrogens is 1. The van der Waals surface area contributed by atoms with Crippen LogP contribution in [-0.4, -0.2) is 24.0 Å². The van der Waals surface area contributed by atoms with Gasteiger partial charge in [0.2, 0.25) is 0 Å². The summed E-state index contributed by atoms with van der Waals surface area (Å²) in [6.45, 7) is 6.60.